The van der Waals surface area contributed by atoms with E-state index in [0.29, 0.717) is 6.10 Å². The Bertz CT molecular complexity index is 779. The van der Waals surface area contributed by atoms with Crippen molar-refractivity contribution in [2.24, 2.45) is 0 Å². The molecule has 7 heteroatoms. The first-order valence-corrected chi connectivity index (χ1v) is 9.58. The summed E-state index contributed by atoms with van der Waals surface area (Å²) in [5, 5.41) is 6.32. The van der Waals surface area contributed by atoms with Gasteiger partial charge in [-0.2, -0.15) is 0 Å². The Morgan fingerprint density at radius 2 is 2.29 bits per heavy atom. The van der Waals surface area contributed by atoms with Crippen molar-refractivity contribution in [3.8, 4) is 0 Å². The molecule has 0 spiro atoms. The summed E-state index contributed by atoms with van der Waals surface area (Å²) >= 11 is 1.61. The number of rotatable bonds is 3. The molecule has 3 saturated heterocycles. The van der Waals surface area contributed by atoms with E-state index >= 15 is 0 Å². The second kappa shape index (κ2) is 5.67. The summed E-state index contributed by atoms with van der Waals surface area (Å²) in [6.07, 6.45) is 7.25. The molecule has 24 heavy (non-hydrogen) atoms. The second-order valence-electron chi connectivity index (χ2n) is 6.91. The Morgan fingerprint density at radius 3 is 3.12 bits per heavy atom. The fourth-order valence-corrected chi connectivity index (χ4v) is 5.09. The molecule has 6 nitrogen and oxygen atoms in total. The van der Waals surface area contributed by atoms with E-state index in [2.05, 4.69) is 20.2 Å². The number of nitrogens with zero attached hydrogens (tertiary/aromatic N) is 3. The van der Waals surface area contributed by atoms with Crippen LogP contribution in [-0.4, -0.2) is 46.7 Å². The number of anilines is 1. The lowest BCUT2D eigenvalue weighted by Gasteiger charge is -2.28. The Labute approximate surface area is 144 Å². The minimum absolute atomic E-state index is 0.121. The molecule has 0 aliphatic carbocycles. The minimum atomic E-state index is -0.137. The van der Waals surface area contributed by atoms with Gasteiger partial charge in [-0.25, -0.2) is 9.97 Å². The Balaban J connectivity index is 1.37. The lowest BCUT2D eigenvalue weighted by molar-refractivity contribution is -0.123. The summed E-state index contributed by atoms with van der Waals surface area (Å²) in [4.78, 5) is 24.8. The number of hydrogen-bond acceptors (Lipinski definition) is 6. The van der Waals surface area contributed by atoms with E-state index in [0.717, 1.165) is 54.7 Å². The molecule has 0 unspecified atom stereocenters. The monoisotopic (exact) mass is 344 g/mol. The first kappa shape index (κ1) is 14.6. The molecule has 1 N–H and O–H groups in total. The summed E-state index contributed by atoms with van der Waals surface area (Å²) in [6.45, 7) is 0.868. The van der Waals surface area contributed by atoms with Crippen molar-refractivity contribution in [2.45, 2.75) is 56.4 Å². The lowest BCUT2D eigenvalue weighted by Crippen LogP contribution is -2.50. The van der Waals surface area contributed by atoms with Crippen LogP contribution in [0.25, 0.3) is 10.2 Å². The number of aromatic nitrogens is 2. The smallest absolute Gasteiger partial charge is 0.243 e. The first-order valence-electron chi connectivity index (χ1n) is 8.70. The molecule has 0 saturated carbocycles. The van der Waals surface area contributed by atoms with Gasteiger partial charge in [0.15, 0.2) is 0 Å². The highest BCUT2D eigenvalue weighted by Crippen LogP contribution is 2.35. The topological polar surface area (TPSA) is 67.3 Å². The average molecular weight is 344 g/mol. The van der Waals surface area contributed by atoms with Crippen molar-refractivity contribution in [1.82, 2.24) is 15.3 Å². The zero-order chi connectivity index (χ0) is 16.1. The SMILES string of the molecule is O=C(N[C@H]1C[C@H]2CC[C@H]1O2)[C@@H]1CCCN1c1ncnc2sccc12. The van der Waals surface area contributed by atoms with Gasteiger partial charge in [-0.3, -0.25) is 4.79 Å². The van der Waals surface area contributed by atoms with Gasteiger partial charge in [0.05, 0.1) is 23.6 Å². The van der Waals surface area contributed by atoms with E-state index in [9.17, 15) is 4.79 Å². The molecule has 3 aliphatic rings. The molecular formula is C17H20N4O2S. The van der Waals surface area contributed by atoms with Crippen LogP contribution in [0.3, 0.4) is 0 Å². The van der Waals surface area contributed by atoms with Gasteiger partial charge in [0.2, 0.25) is 5.91 Å². The quantitative estimate of drug-likeness (QED) is 0.923. The summed E-state index contributed by atoms with van der Waals surface area (Å²) in [5.41, 5.74) is 0. The van der Waals surface area contributed by atoms with Gasteiger partial charge < -0.3 is 15.0 Å². The second-order valence-corrected chi connectivity index (χ2v) is 7.81. The summed E-state index contributed by atoms with van der Waals surface area (Å²) in [7, 11) is 0. The largest absolute Gasteiger partial charge is 0.373 e. The van der Waals surface area contributed by atoms with E-state index in [1.165, 1.54) is 0 Å². The number of carbonyl (C=O) groups is 1. The highest BCUT2D eigenvalue weighted by Gasteiger charge is 2.43. The molecular weight excluding hydrogens is 324 g/mol. The van der Waals surface area contributed by atoms with Crippen LogP contribution in [0.1, 0.15) is 32.1 Å². The number of nitrogens with one attached hydrogen (secondary N) is 1. The molecule has 4 atom stereocenters. The molecule has 0 radical (unpaired) electrons. The summed E-state index contributed by atoms with van der Waals surface area (Å²) < 4.78 is 5.86. The third kappa shape index (κ3) is 2.29. The third-order valence-corrected chi connectivity index (χ3v) is 6.32. The van der Waals surface area contributed by atoms with Gasteiger partial charge in [0.25, 0.3) is 0 Å². The normalized spacial score (nSPS) is 31.9. The molecule has 3 fully saturated rings. The minimum Gasteiger partial charge on any atom is -0.373 e. The molecule has 1 amide bonds. The summed E-state index contributed by atoms with van der Waals surface area (Å²) in [5.74, 6) is 1.01. The Hall–Kier alpha value is -1.73. The number of carbonyl (C=O) groups excluding carboxylic acids is 1. The number of fused-ring (bicyclic) bond motifs is 3. The van der Waals surface area contributed by atoms with Gasteiger partial charge in [0, 0.05) is 6.54 Å². The number of hydrogen-bond donors (Lipinski definition) is 1. The third-order valence-electron chi connectivity index (χ3n) is 5.50. The highest BCUT2D eigenvalue weighted by atomic mass is 32.1. The van der Waals surface area contributed by atoms with Gasteiger partial charge in [-0.1, -0.05) is 0 Å². The van der Waals surface area contributed by atoms with Crippen LogP contribution < -0.4 is 10.2 Å². The highest BCUT2D eigenvalue weighted by molar-refractivity contribution is 7.16. The standard InChI is InChI=1S/C17H20N4O2S/c22-16(20-12-8-10-3-4-14(12)23-10)13-2-1-6-21(13)15-11-5-7-24-17(11)19-9-18-15/h5,7,9-10,12-14H,1-4,6,8H2,(H,20,22)/t10-,12+,13+,14-/m1/s1. The van der Waals surface area contributed by atoms with E-state index in [1.54, 1.807) is 17.7 Å². The van der Waals surface area contributed by atoms with Crippen LogP contribution in [0.4, 0.5) is 5.82 Å². The zero-order valence-corrected chi connectivity index (χ0v) is 14.2. The van der Waals surface area contributed by atoms with Crippen LogP contribution in [0.2, 0.25) is 0 Å². The van der Waals surface area contributed by atoms with Crippen LogP contribution in [0.5, 0.6) is 0 Å². The first-order chi connectivity index (χ1) is 11.8. The van der Waals surface area contributed by atoms with Crippen molar-refractivity contribution in [2.75, 3.05) is 11.4 Å². The van der Waals surface area contributed by atoms with E-state index in [1.807, 2.05) is 11.4 Å². The van der Waals surface area contributed by atoms with E-state index in [-0.39, 0.29) is 24.1 Å². The van der Waals surface area contributed by atoms with Crippen molar-refractivity contribution < 1.29 is 9.53 Å². The van der Waals surface area contributed by atoms with Crippen molar-refractivity contribution >= 4 is 33.3 Å². The molecule has 3 aliphatic heterocycles. The van der Waals surface area contributed by atoms with Gasteiger partial charge in [0.1, 0.15) is 23.0 Å². The van der Waals surface area contributed by atoms with Crippen molar-refractivity contribution in [3.63, 3.8) is 0 Å². The van der Waals surface area contributed by atoms with E-state index < -0.39 is 0 Å². The molecule has 0 aromatic carbocycles. The van der Waals surface area contributed by atoms with Gasteiger partial charge in [-0.05, 0) is 43.6 Å². The van der Waals surface area contributed by atoms with Gasteiger partial charge >= 0.3 is 0 Å². The fraction of sp³-hybridized carbons (Fsp3) is 0.588. The van der Waals surface area contributed by atoms with Gasteiger partial charge in [-0.15, -0.1) is 11.3 Å². The zero-order valence-electron chi connectivity index (χ0n) is 13.4. The number of amides is 1. The predicted octanol–water partition coefficient (Wildman–Crippen LogP) is 2.10. The van der Waals surface area contributed by atoms with Crippen LogP contribution in [-0.2, 0) is 9.53 Å². The number of ether oxygens (including phenoxy) is 1. The van der Waals surface area contributed by atoms with Crippen LogP contribution >= 0.6 is 11.3 Å². The molecule has 2 aromatic rings. The van der Waals surface area contributed by atoms with Crippen molar-refractivity contribution in [1.29, 1.82) is 0 Å². The Kier molecular flexibility index (Phi) is 3.45. The van der Waals surface area contributed by atoms with Crippen LogP contribution in [0.15, 0.2) is 17.8 Å². The summed E-state index contributed by atoms with van der Waals surface area (Å²) in [6, 6.07) is 2.10. The Morgan fingerprint density at radius 1 is 1.33 bits per heavy atom. The maximum absolute atomic E-state index is 12.9. The molecule has 2 bridgehead atoms. The average Bonchev–Trinajstić information content (AvgIpc) is 3.36. The van der Waals surface area contributed by atoms with Crippen LogP contribution in [0, 0.1) is 0 Å². The lowest BCUT2D eigenvalue weighted by atomic mass is 9.95. The number of thiophene rings is 1. The molecule has 5 heterocycles. The molecule has 126 valence electrons. The fourth-order valence-electron chi connectivity index (χ4n) is 4.37. The maximum atomic E-state index is 12.9. The van der Waals surface area contributed by atoms with E-state index in [4.69, 9.17) is 4.74 Å². The molecule has 5 rings (SSSR count). The predicted molar refractivity (Wildman–Crippen MR) is 92.2 cm³/mol. The molecule has 2 aromatic heterocycles. The maximum Gasteiger partial charge on any atom is 0.243 e. The van der Waals surface area contributed by atoms with Crippen molar-refractivity contribution in [3.05, 3.63) is 17.8 Å².